The van der Waals surface area contributed by atoms with Crippen LogP contribution in [0.4, 0.5) is 18.0 Å². The lowest BCUT2D eigenvalue weighted by molar-refractivity contribution is -0.259. The van der Waals surface area contributed by atoms with Crippen LogP contribution in [0.15, 0.2) is 90.1 Å². The Hall–Kier alpha value is -4.75. The fourth-order valence-electron chi connectivity index (χ4n) is 4.91. The largest absolute Gasteiger partial charge is 0.529 e. The number of alkyl halides is 3. The number of benzene rings is 3. The summed E-state index contributed by atoms with van der Waals surface area (Å²) in [5.41, 5.74) is 1.50. The highest BCUT2D eigenvalue weighted by Crippen LogP contribution is 2.38. The van der Waals surface area contributed by atoms with E-state index in [1.807, 2.05) is 0 Å². The number of Topliss-reactive ketones (excluding diaryl/α,β-unsaturated/α-hetero) is 1. The molecule has 2 aromatic heterocycles. The number of pyridine rings is 1. The molecule has 0 saturated carbocycles. The first-order chi connectivity index (χ1) is 21.8. The van der Waals surface area contributed by atoms with E-state index in [9.17, 15) is 36.3 Å². The average molecular weight is 670 g/mol. The predicted molar refractivity (Wildman–Crippen MR) is 162 cm³/mol. The molecule has 0 radical (unpaired) electrons. The molecule has 0 N–H and O–H groups in total. The van der Waals surface area contributed by atoms with Crippen LogP contribution in [0.1, 0.15) is 39.3 Å². The summed E-state index contributed by atoms with van der Waals surface area (Å²) in [5.74, 6) is 0.0804. The van der Waals surface area contributed by atoms with E-state index in [1.54, 1.807) is 60.0 Å². The maximum Gasteiger partial charge on any atom is 0.417 e. The molecule has 5 rings (SSSR count). The van der Waals surface area contributed by atoms with Gasteiger partial charge in [0, 0.05) is 43.0 Å². The Bertz CT molecular complexity index is 2020. The first-order valence-electron chi connectivity index (χ1n) is 13.9. The van der Waals surface area contributed by atoms with Crippen LogP contribution < -0.4 is 5.11 Å². The zero-order chi connectivity index (χ0) is 33.2. The highest BCUT2D eigenvalue weighted by atomic mass is 35.5. The van der Waals surface area contributed by atoms with Gasteiger partial charge in [-0.05, 0) is 67.4 Å². The number of carbonyl (C=O) groups excluding carboxylic acids is 2. The first kappa shape index (κ1) is 32.6. The zero-order valence-electron chi connectivity index (χ0n) is 24.2. The van der Waals surface area contributed by atoms with Crippen molar-refractivity contribution in [2.24, 2.45) is 0 Å². The topological polar surface area (TPSA) is 125 Å². The van der Waals surface area contributed by atoms with Gasteiger partial charge in [0.15, 0.2) is 11.9 Å². The van der Waals surface area contributed by atoms with Gasteiger partial charge in [-0.2, -0.15) is 13.2 Å². The van der Waals surface area contributed by atoms with Crippen LogP contribution in [0.25, 0.3) is 16.7 Å². The van der Waals surface area contributed by atoms with Gasteiger partial charge in [-0.1, -0.05) is 41.4 Å². The van der Waals surface area contributed by atoms with Gasteiger partial charge in [-0.25, -0.2) is 13.4 Å². The first-order valence-corrected chi connectivity index (χ1v) is 15.7. The van der Waals surface area contributed by atoms with Crippen LogP contribution in [0.3, 0.4) is 0 Å². The van der Waals surface area contributed by atoms with Gasteiger partial charge < -0.3 is 9.90 Å². The molecule has 0 atom stereocenters. The average Bonchev–Trinajstić information content (AvgIpc) is 3.36. The van der Waals surface area contributed by atoms with E-state index in [2.05, 4.69) is 9.97 Å². The van der Waals surface area contributed by atoms with Crippen molar-refractivity contribution in [2.75, 3.05) is 6.54 Å². The van der Waals surface area contributed by atoms with Gasteiger partial charge in [-0.15, -0.1) is 0 Å². The quantitative estimate of drug-likeness (QED) is 0.172. The number of amides is 1. The summed E-state index contributed by atoms with van der Waals surface area (Å²) in [6.45, 7) is 1.35. The molecular formula is C32H25ClF3N4O5S-. The molecule has 0 fully saturated rings. The number of aryl methyl sites for hydroxylation is 2. The molecule has 2 heterocycles. The fraction of sp³-hybridized carbons (Fsp3) is 0.188. The Morgan fingerprint density at radius 3 is 2.30 bits per heavy atom. The number of nitrogens with zero attached hydrogens (tertiary/aromatic N) is 4. The normalized spacial score (nSPS) is 11.9. The number of carbonyl (C=O) groups is 2. The summed E-state index contributed by atoms with van der Waals surface area (Å²) in [6.07, 6.45) is -3.53. The van der Waals surface area contributed by atoms with Gasteiger partial charge in [0.25, 0.3) is 10.0 Å². The van der Waals surface area contributed by atoms with Crippen LogP contribution in [0.5, 0.6) is 0 Å². The molecular weight excluding hydrogens is 645 g/mol. The van der Waals surface area contributed by atoms with E-state index in [1.165, 1.54) is 30.6 Å². The number of sulfonamides is 1. The molecule has 5 aromatic rings. The molecule has 14 heteroatoms. The third kappa shape index (κ3) is 6.90. The number of hydrogen-bond acceptors (Lipinski definition) is 7. The van der Waals surface area contributed by atoms with Crippen molar-refractivity contribution in [3.63, 3.8) is 0 Å². The van der Waals surface area contributed by atoms with E-state index in [0.29, 0.717) is 22.6 Å². The number of hydrogen-bond donors (Lipinski definition) is 0. The molecule has 3 aromatic carbocycles. The maximum atomic E-state index is 13.6. The number of rotatable bonds is 10. The lowest BCUT2D eigenvalue weighted by Crippen LogP contribution is -2.45. The van der Waals surface area contributed by atoms with E-state index in [4.69, 9.17) is 11.6 Å². The molecule has 0 spiro atoms. The number of imidazole rings is 1. The third-order valence-corrected chi connectivity index (χ3v) is 9.38. The Kier molecular flexibility index (Phi) is 9.17. The van der Waals surface area contributed by atoms with Gasteiger partial charge >= 0.3 is 6.18 Å². The molecule has 0 aliphatic rings. The van der Waals surface area contributed by atoms with Crippen LogP contribution in [0.2, 0.25) is 5.02 Å². The van der Waals surface area contributed by atoms with Gasteiger partial charge in [0.2, 0.25) is 0 Å². The summed E-state index contributed by atoms with van der Waals surface area (Å²) in [4.78, 5) is 32.8. The van der Waals surface area contributed by atoms with Crippen LogP contribution >= 0.6 is 11.6 Å². The summed E-state index contributed by atoms with van der Waals surface area (Å²) in [6, 6.07) is 17.5. The Morgan fingerprint density at radius 2 is 1.70 bits per heavy atom. The summed E-state index contributed by atoms with van der Waals surface area (Å²) >= 11 is 6.05. The van der Waals surface area contributed by atoms with Crippen LogP contribution in [-0.4, -0.2) is 45.7 Å². The number of fused-ring (bicyclic) bond motifs is 1. The minimum absolute atomic E-state index is 0.00146. The van der Waals surface area contributed by atoms with Gasteiger partial charge in [0.1, 0.15) is 5.82 Å². The van der Waals surface area contributed by atoms with Gasteiger partial charge in [-0.3, -0.25) is 18.7 Å². The second kappa shape index (κ2) is 12.9. The lowest BCUT2D eigenvalue weighted by atomic mass is 10.1. The van der Waals surface area contributed by atoms with Crippen molar-refractivity contribution < 1.29 is 36.3 Å². The lowest BCUT2D eigenvalue weighted by Gasteiger charge is -2.24. The second-order valence-electron chi connectivity index (χ2n) is 10.4. The van der Waals surface area contributed by atoms with Crippen molar-refractivity contribution in [1.82, 2.24) is 18.8 Å². The number of ketones is 1. The van der Waals surface area contributed by atoms with Crippen molar-refractivity contribution in [3.05, 3.63) is 118 Å². The third-order valence-electron chi connectivity index (χ3n) is 7.29. The monoisotopic (exact) mass is 669 g/mol. The Labute approximate surface area is 267 Å². The van der Waals surface area contributed by atoms with Crippen molar-refractivity contribution >= 4 is 44.5 Å². The summed E-state index contributed by atoms with van der Waals surface area (Å²) in [7, 11) is -4.38. The van der Waals surface area contributed by atoms with E-state index >= 15 is 0 Å². The number of carboxylic acid groups (broad SMARTS) is 1. The molecule has 0 aliphatic carbocycles. The molecule has 0 saturated heterocycles. The zero-order valence-corrected chi connectivity index (χ0v) is 25.7. The van der Waals surface area contributed by atoms with Crippen LogP contribution in [-0.2, 0) is 29.0 Å². The molecule has 46 heavy (non-hydrogen) atoms. The highest BCUT2D eigenvalue weighted by molar-refractivity contribution is 7.89. The summed E-state index contributed by atoms with van der Waals surface area (Å²) < 4.78 is 68.6. The van der Waals surface area contributed by atoms with Crippen molar-refractivity contribution in [3.8, 4) is 5.69 Å². The molecule has 0 unspecified atom stereocenters. The van der Waals surface area contributed by atoms with E-state index < -0.39 is 39.4 Å². The number of aromatic nitrogens is 3. The highest BCUT2D eigenvalue weighted by Gasteiger charge is 2.34. The minimum Gasteiger partial charge on any atom is -0.529 e. The Balaban J connectivity index is 1.44. The molecule has 238 valence electrons. The number of halogens is 4. The fourth-order valence-corrected chi connectivity index (χ4v) is 6.44. The molecule has 1 amide bonds. The standard InChI is InChI=1S/C32H26ClF3N4O5S/c1-20-4-10-24(11-5-20)46(44,45)39(31(42)43)16-14-21-6-8-23(9-7-21)40-28-18-26(33)25(32(34,35)36)17-27(28)38-30(40)13-12-29(41)22-3-2-15-37-19-22/h2-11,15,17-19H,12-14,16H2,1H3,(H,42,43)/p-1. The minimum atomic E-state index is -4.71. The SMILES string of the molecule is Cc1ccc(S(=O)(=O)N(CCc2ccc(-n3c(CCC(=O)c4cccnc4)nc4cc(C(F)(F)F)c(Cl)cc43)cc2)C(=O)[O-])cc1. The molecule has 0 aliphatic heterocycles. The summed E-state index contributed by atoms with van der Waals surface area (Å²) in [5, 5.41) is 11.3. The second-order valence-corrected chi connectivity index (χ2v) is 12.7. The van der Waals surface area contributed by atoms with E-state index in [0.717, 1.165) is 11.6 Å². The van der Waals surface area contributed by atoms with Crippen molar-refractivity contribution in [1.29, 1.82) is 0 Å². The molecule has 0 bridgehead atoms. The Morgan fingerprint density at radius 1 is 1.00 bits per heavy atom. The van der Waals surface area contributed by atoms with Gasteiger partial charge in [0.05, 0.1) is 26.5 Å². The smallest absolute Gasteiger partial charge is 0.417 e. The van der Waals surface area contributed by atoms with Crippen LogP contribution in [0, 0.1) is 6.92 Å². The maximum absolute atomic E-state index is 13.6. The van der Waals surface area contributed by atoms with Crippen molar-refractivity contribution in [2.45, 2.75) is 37.3 Å². The molecule has 9 nitrogen and oxygen atoms in total. The predicted octanol–water partition coefficient (Wildman–Crippen LogP) is 5.79. The van der Waals surface area contributed by atoms with E-state index in [-0.39, 0.29) is 45.3 Å².